The van der Waals surface area contributed by atoms with Crippen LogP contribution in [-0.2, 0) is 0 Å². The molecule has 0 radical (unpaired) electrons. The predicted molar refractivity (Wildman–Crippen MR) is 38.8 cm³/mol. The molecule has 0 heterocycles. The fraction of sp³-hybridized carbons (Fsp3) is 0.143. The molecule has 5 heteroatoms. The van der Waals surface area contributed by atoms with Crippen molar-refractivity contribution in [2.24, 2.45) is 0 Å². The Balaban J connectivity index is 2.94. The van der Waals surface area contributed by atoms with Gasteiger partial charge in [0.25, 0.3) is 0 Å². The summed E-state index contributed by atoms with van der Waals surface area (Å²) in [6, 6.07) is 5.94. The average Bonchev–Trinajstić information content (AvgIpc) is 2.04. The number of rotatable bonds is 2. The Kier molecular flexibility index (Phi) is 2.54. The van der Waals surface area contributed by atoms with Crippen LogP contribution in [0.5, 0.6) is 0 Å². The summed E-state index contributed by atoms with van der Waals surface area (Å²) < 4.78 is 35.9. The van der Waals surface area contributed by atoms with Crippen molar-refractivity contribution in [1.29, 1.82) is 0 Å². The lowest BCUT2D eigenvalue weighted by Crippen LogP contribution is -2.22. The maximum atomic E-state index is 12.5. The van der Waals surface area contributed by atoms with Gasteiger partial charge in [-0.05, 0) is 18.6 Å². The van der Waals surface area contributed by atoms with Gasteiger partial charge in [0.15, 0.2) is 5.45 Å². The van der Waals surface area contributed by atoms with Gasteiger partial charge >= 0.3 is 0 Å². The number of anilines is 1. The Labute approximate surface area is 67.6 Å². The molecule has 0 N–H and O–H groups in total. The van der Waals surface area contributed by atoms with Crippen molar-refractivity contribution in [3.8, 4) is 0 Å². The average molecular weight is 176 g/mol. The van der Waals surface area contributed by atoms with Crippen molar-refractivity contribution in [1.82, 2.24) is 5.45 Å². The first-order valence-corrected chi connectivity index (χ1v) is 3.26. The van der Waals surface area contributed by atoms with Crippen LogP contribution in [-0.4, -0.2) is 5.45 Å². The minimum Gasteiger partial charge on any atom is -0.0810 e. The van der Waals surface area contributed by atoms with E-state index in [0.29, 0.717) is 5.56 Å². The van der Waals surface area contributed by atoms with Crippen LogP contribution in [0.2, 0.25) is 0 Å². The van der Waals surface area contributed by atoms with Gasteiger partial charge in [0.2, 0.25) is 0 Å². The molecule has 0 aromatic heterocycles. The number of para-hydroxylation sites is 1. The molecule has 1 aromatic rings. The Hall–Kier alpha value is -1.23. The second-order valence-corrected chi connectivity index (χ2v) is 2.26. The zero-order valence-corrected chi connectivity index (χ0v) is 6.34. The molecule has 0 aliphatic rings. The van der Waals surface area contributed by atoms with E-state index in [4.69, 9.17) is 0 Å². The third kappa shape index (κ3) is 1.68. The first-order valence-electron chi connectivity index (χ1n) is 3.26. The van der Waals surface area contributed by atoms with E-state index in [0.717, 1.165) is 0 Å². The van der Waals surface area contributed by atoms with Crippen molar-refractivity contribution in [2.45, 2.75) is 6.92 Å². The van der Waals surface area contributed by atoms with Crippen LogP contribution in [0, 0.1) is 6.92 Å². The van der Waals surface area contributed by atoms with Crippen molar-refractivity contribution in [3.05, 3.63) is 29.8 Å². The number of halogens is 3. The highest BCUT2D eigenvalue weighted by Gasteiger charge is 2.15. The summed E-state index contributed by atoms with van der Waals surface area (Å²) in [5.41, 5.74) is -1.33. The van der Waals surface area contributed by atoms with E-state index in [9.17, 15) is 13.4 Å². The van der Waals surface area contributed by atoms with Crippen LogP contribution in [0.25, 0.3) is 0 Å². The number of hydrogen-bond acceptors (Lipinski definition) is 2. The van der Waals surface area contributed by atoms with Crippen molar-refractivity contribution >= 4 is 5.69 Å². The van der Waals surface area contributed by atoms with Crippen LogP contribution in [0.15, 0.2) is 24.3 Å². The van der Waals surface area contributed by atoms with Gasteiger partial charge in [-0.3, -0.25) is 0 Å². The molecule has 2 nitrogen and oxygen atoms in total. The number of hydrogen-bond donors (Lipinski definition) is 0. The Morgan fingerprint density at radius 1 is 1.08 bits per heavy atom. The van der Waals surface area contributed by atoms with E-state index >= 15 is 0 Å². The van der Waals surface area contributed by atoms with Crippen LogP contribution in [0.1, 0.15) is 5.56 Å². The molecule has 1 rings (SSSR count). The van der Waals surface area contributed by atoms with Gasteiger partial charge in [-0.1, -0.05) is 36.9 Å². The largest absolute Gasteiger partial charge is 0.151 e. The highest BCUT2D eigenvalue weighted by Crippen LogP contribution is 2.21. The summed E-state index contributed by atoms with van der Waals surface area (Å²) >= 11 is 0. The number of benzene rings is 1. The third-order valence-corrected chi connectivity index (χ3v) is 1.45. The van der Waals surface area contributed by atoms with Crippen molar-refractivity contribution < 1.29 is 13.4 Å². The molecule has 0 unspecified atom stereocenters. The van der Waals surface area contributed by atoms with Crippen LogP contribution < -0.4 is 5.23 Å². The van der Waals surface area contributed by atoms with Crippen LogP contribution in [0.4, 0.5) is 19.1 Å². The summed E-state index contributed by atoms with van der Waals surface area (Å²) in [6.07, 6.45) is 0. The first kappa shape index (κ1) is 8.86. The molecule has 12 heavy (non-hydrogen) atoms. The lowest BCUT2D eigenvalue weighted by Gasteiger charge is -2.13. The molecule has 0 bridgehead atoms. The zero-order valence-electron chi connectivity index (χ0n) is 6.34. The zero-order chi connectivity index (χ0) is 9.14. The molecule has 0 aliphatic heterocycles. The van der Waals surface area contributed by atoms with Crippen molar-refractivity contribution in [3.63, 3.8) is 0 Å². The van der Waals surface area contributed by atoms with Crippen LogP contribution in [0.3, 0.4) is 0 Å². The highest BCUT2D eigenvalue weighted by atomic mass is 19.4. The lowest BCUT2D eigenvalue weighted by molar-refractivity contribution is -0.196. The number of hydrazine groups is 1. The molecule has 0 atom stereocenters. The molecule has 0 saturated carbocycles. The molecule has 0 aliphatic carbocycles. The van der Waals surface area contributed by atoms with E-state index in [-0.39, 0.29) is 5.69 Å². The normalized spacial score (nSPS) is 10.4. The molecule has 0 amide bonds. The van der Waals surface area contributed by atoms with Gasteiger partial charge in [0, 0.05) is 0 Å². The van der Waals surface area contributed by atoms with Gasteiger partial charge < -0.3 is 0 Å². The monoisotopic (exact) mass is 176 g/mol. The van der Waals surface area contributed by atoms with E-state index in [2.05, 4.69) is 0 Å². The van der Waals surface area contributed by atoms with Gasteiger partial charge in [0.1, 0.15) is 0 Å². The van der Waals surface area contributed by atoms with E-state index in [1.807, 2.05) is 0 Å². The molecular weight excluding hydrogens is 169 g/mol. The minimum atomic E-state index is -1.61. The fourth-order valence-electron chi connectivity index (χ4n) is 0.852. The topological polar surface area (TPSA) is 6.48 Å². The minimum absolute atomic E-state index is 0.164. The van der Waals surface area contributed by atoms with Gasteiger partial charge in [-0.25, -0.2) is 0 Å². The highest BCUT2D eigenvalue weighted by molar-refractivity contribution is 5.49. The standard InChI is InChI=1S/C7H7F3N2/c1-6-4-2-3-5-7(6)11(8)12(9)10/h2-5H,1H3. The Bertz CT molecular complexity index is 265. The Morgan fingerprint density at radius 2 is 1.67 bits per heavy atom. The molecule has 0 saturated heterocycles. The van der Waals surface area contributed by atoms with Gasteiger partial charge in [0.05, 0.1) is 5.69 Å². The molecule has 1 aromatic carbocycles. The summed E-state index contributed by atoms with van der Waals surface area (Å²) in [5, 5.41) is -0.713. The SMILES string of the molecule is Cc1ccccc1N(F)N(F)F. The maximum absolute atomic E-state index is 12.5. The Morgan fingerprint density at radius 3 is 2.17 bits per heavy atom. The van der Waals surface area contributed by atoms with Crippen molar-refractivity contribution in [2.75, 3.05) is 5.23 Å². The van der Waals surface area contributed by atoms with E-state index < -0.39 is 10.7 Å². The molecule has 0 spiro atoms. The predicted octanol–water partition coefficient (Wildman–Crippen LogP) is 2.67. The first-order chi connectivity index (χ1) is 5.63. The summed E-state index contributed by atoms with van der Waals surface area (Å²) in [5.74, 6) is 0. The van der Waals surface area contributed by atoms with Crippen LogP contribution >= 0.6 is 0 Å². The number of aryl methyl sites for hydroxylation is 1. The smallest absolute Gasteiger partial charge is 0.0810 e. The summed E-state index contributed by atoms with van der Waals surface area (Å²) in [7, 11) is 0. The molecular formula is C7H7F3N2. The van der Waals surface area contributed by atoms with E-state index in [1.165, 1.54) is 12.1 Å². The second kappa shape index (κ2) is 3.44. The summed E-state index contributed by atoms with van der Waals surface area (Å²) in [6.45, 7) is 1.55. The molecule has 66 valence electrons. The van der Waals surface area contributed by atoms with E-state index in [1.54, 1.807) is 19.1 Å². The van der Waals surface area contributed by atoms with Gasteiger partial charge in [-0.2, -0.15) is 0 Å². The quantitative estimate of drug-likeness (QED) is 0.505. The second-order valence-electron chi connectivity index (χ2n) is 2.26. The van der Waals surface area contributed by atoms with Gasteiger partial charge in [-0.15, -0.1) is 0 Å². The summed E-state index contributed by atoms with van der Waals surface area (Å²) in [4.78, 5) is 0. The fourth-order valence-corrected chi connectivity index (χ4v) is 0.852. The number of nitrogens with zero attached hydrogens (tertiary/aromatic N) is 2. The third-order valence-electron chi connectivity index (χ3n) is 1.45. The lowest BCUT2D eigenvalue weighted by atomic mass is 10.2. The molecule has 0 fully saturated rings. The maximum Gasteiger partial charge on any atom is 0.151 e.